The van der Waals surface area contributed by atoms with E-state index in [9.17, 15) is 0 Å². The lowest BCUT2D eigenvalue weighted by atomic mass is 9.75. The largest absolute Gasteiger partial charge is 0.311 e. The van der Waals surface area contributed by atoms with Gasteiger partial charge < -0.3 is 5.32 Å². The summed E-state index contributed by atoms with van der Waals surface area (Å²) in [4.78, 5) is 0. The normalized spacial score (nSPS) is 23.0. The van der Waals surface area contributed by atoms with E-state index in [-0.39, 0.29) is 17.0 Å². The number of unbranched alkanes of at least 4 members (excludes halogenated alkanes) is 13. The van der Waals surface area contributed by atoms with Crippen molar-refractivity contribution in [2.45, 2.75) is 142 Å². The first-order chi connectivity index (χ1) is 12.2. The van der Waals surface area contributed by atoms with E-state index in [4.69, 9.17) is 0 Å². The fourth-order valence-corrected chi connectivity index (χ4v) is 4.46. The molecule has 1 nitrogen and oxygen atoms in total. The molecule has 0 heterocycles. The second-order valence-electron chi connectivity index (χ2n) is 9.09. The highest BCUT2D eigenvalue weighted by Gasteiger charge is 2.32. The molecule has 0 aromatic rings. The van der Waals surface area contributed by atoms with E-state index >= 15 is 0 Å². The zero-order valence-electron chi connectivity index (χ0n) is 18.4. The number of hydrogen-bond donors (Lipinski definition) is 1. The summed E-state index contributed by atoms with van der Waals surface area (Å²) in [5.74, 6) is 0.855. The van der Waals surface area contributed by atoms with E-state index in [0.29, 0.717) is 5.54 Å². The number of nitrogens with one attached hydrogen (secondary N) is 1. The van der Waals surface area contributed by atoms with Crippen LogP contribution in [0.25, 0.3) is 0 Å². The van der Waals surface area contributed by atoms with Gasteiger partial charge in [0.2, 0.25) is 0 Å². The maximum absolute atomic E-state index is 3.89. The van der Waals surface area contributed by atoms with Gasteiger partial charge in [0.1, 0.15) is 0 Å². The molecule has 0 saturated heterocycles. The highest BCUT2D eigenvalue weighted by Crippen LogP contribution is 2.33. The molecule has 2 heteroatoms. The Hall–Kier alpha value is 0.440. The summed E-state index contributed by atoms with van der Waals surface area (Å²) in [5, 5.41) is 3.89. The molecule has 0 aromatic carbocycles. The minimum absolute atomic E-state index is 0. The summed E-state index contributed by atoms with van der Waals surface area (Å²) >= 11 is 0. The van der Waals surface area contributed by atoms with Crippen LogP contribution in [0.1, 0.15) is 136 Å². The smallest absolute Gasteiger partial charge is 0.0178 e. The Kier molecular flexibility index (Phi) is 17.8. The van der Waals surface area contributed by atoms with Gasteiger partial charge in [-0.05, 0) is 38.6 Å². The molecule has 0 aliphatic heterocycles. The van der Waals surface area contributed by atoms with Crippen molar-refractivity contribution in [2.75, 3.05) is 6.54 Å². The third-order valence-corrected chi connectivity index (χ3v) is 6.73. The third kappa shape index (κ3) is 12.8. The second-order valence-corrected chi connectivity index (χ2v) is 9.09. The highest BCUT2D eigenvalue weighted by molar-refractivity contribution is 8.93. The molecular formula is C24H50BrN. The molecule has 1 fully saturated rings. The molecule has 1 saturated carbocycles. The summed E-state index contributed by atoms with van der Waals surface area (Å²) in [6.07, 6.45) is 26.0. The van der Waals surface area contributed by atoms with Crippen molar-refractivity contribution in [1.82, 2.24) is 5.32 Å². The van der Waals surface area contributed by atoms with Crippen molar-refractivity contribution in [3.05, 3.63) is 0 Å². The fourth-order valence-electron chi connectivity index (χ4n) is 4.46. The van der Waals surface area contributed by atoms with Crippen molar-refractivity contribution in [3.63, 3.8) is 0 Å². The number of halogens is 1. The number of rotatable bonds is 16. The zero-order chi connectivity index (χ0) is 18.2. The average Bonchev–Trinajstić information content (AvgIpc) is 2.61. The predicted octanol–water partition coefficient (Wildman–Crippen LogP) is 8.60. The summed E-state index contributed by atoms with van der Waals surface area (Å²) in [6.45, 7) is 8.44. The molecule has 26 heavy (non-hydrogen) atoms. The monoisotopic (exact) mass is 431 g/mol. The first-order valence-electron chi connectivity index (χ1n) is 11.9. The van der Waals surface area contributed by atoms with E-state index in [1.807, 2.05) is 0 Å². The lowest BCUT2D eigenvalue weighted by Crippen LogP contribution is -2.49. The van der Waals surface area contributed by atoms with Crippen LogP contribution in [0.4, 0.5) is 0 Å². The van der Waals surface area contributed by atoms with Crippen molar-refractivity contribution in [2.24, 2.45) is 5.92 Å². The SMILES string of the molecule is Br.CCCCCCCCCCCCCCCCNC1(C)CCCCC1C. The maximum atomic E-state index is 3.89. The minimum Gasteiger partial charge on any atom is -0.311 e. The van der Waals surface area contributed by atoms with Gasteiger partial charge in [0.25, 0.3) is 0 Å². The average molecular weight is 433 g/mol. The molecule has 0 amide bonds. The molecule has 0 bridgehead atoms. The molecule has 1 N–H and O–H groups in total. The van der Waals surface area contributed by atoms with Gasteiger partial charge in [-0.2, -0.15) is 0 Å². The van der Waals surface area contributed by atoms with Crippen molar-refractivity contribution < 1.29 is 0 Å². The Labute approximate surface area is 176 Å². The lowest BCUT2D eigenvalue weighted by molar-refractivity contribution is 0.173. The first-order valence-corrected chi connectivity index (χ1v) is 11.9. The second kappa shape index (κ2) is 17.5. The Bertz CT molecular complexity index is 294. The van der Waals surface area contributed by atoms with Crippen LogP contribution in [0, 0.1) is 5.92 Å². The first kappa shape index (κ1) is 26.4. The minimum atomic E-state index is 0. The van der Waals surface area contributed by atoms with Gasteiger partial charge in [-0.15, -0.1) is 17.0 Å². The van der Waals surface area contributed by atoms with Crippen LogP contribution in [0.5, 0.6) is 0 Å². The van der Waals surface area contributed by atoms with Crippen molar-refractivity contribution in [1.29, 1.82) is 0 Å². The molecule has 158 valence electrons. The molecule has 1 aliphatic carbocycles. The summed E-state index contributed by atoms with van der Waals surface area (Å²) < 4.78 is 0. The summed E-state index contributed by atoms with van der Waals surface area (Å²) in [5.41, 5.74) is 0.425. The molecule has 2 unspecified atom stereocenters. The molecule has 1 rings (SSSR count). The molecular weight excluding hydrogens is 382 g/mol. The quantitative estimate of drug-likeness (QED) is 0.241. The zero-order valence-corrected chi connectivity index (χ0v) is 20.1. The van der Waals surface area contributed by atoms with Crippen molar-refractivity contribution >= 4 is 17.0 Å². The maximum Gasteiger partial charge on any atom is 0.0178 e. The van der Waals surface area contributed by atoms with Crippen LogP contribution in [0.3, 0.4) is 0 Å². The Balaban J connectivity index is 0.00000625. The fraction of sp³-hybridized carbons (Fsp3) is 1.00. The molecule has 1 aliphatic rings. The summed E-state index contributed by atoms with van der Waals surface area (Å²) in [7, 11) is 0. The van der Waals surface area contributed by atoms with Crippen molar-refractivity contribution in [3.8, 4) is 0 Å². The van der Waals surface area contributed by atoms with Gasteiger partial charge in [0, 0.05) is 5.54 Å². The topological polar surface area (TPSA) is 12.0 Å². The molecule has 2 atom stereocenters. The van der Waals surface area contributed by atoms with Gasteiger partial charge >= 0.3 is 0 Å². The van der Waals surface area contributed by atoms with E-state index in [0.717, 1.165) is 5.92 Å². The van der Waals surface area contributed by atoms with E-state index in [1.54, 1.807) is 0 Å². The van der Waals surface area contributed by atoms with Crippen LogP contribution in [-0.2, 0) is 0 Å². The van der Waals surface area contributed by atoms with Gasteiger partial charge in [-0.25, -0.2) is 0 Å². The van der Waals surface area contributed by atoms with Crippen LogP contribution in [-0.4, -0.2) is 12.1 Å². The van der Waals surface area contributed by atoms with E-state index in [1.165, 1.54) is 122 Å². The van der Waals surface area contributed by atoms with Gasteiger partial charge in [0.05, 0.1) is 0 Å². The van der Waals surface area contributed by atoms with Gasteiger partial charge in [0.15, 0.2) is 0 Å². The molecule has 0 radical (unpaired) electrons. The third-order valence-electron chi connectivity index (χ3n) is 6.73. The van der Waals surface area contributed by atoms with Crippen LogP contribution in [0.2, 0.25) is 0 Å². The standard InChI is InChI=1S/C24H49N.BrH/c1-4-5-6-7-8-9-10-11-12-13-14-15-16-19-22-25-24(3)21-18-17-20-23(24)2;/h23,25H,4-22H2,1-3H3;1H. The molecule has 0 aromatic heterocycles. The Morgan fingerprint density at radius 1 is 0.731 bits per heavy atom. The van der Waals surface area contributed by atoms with E-state index < -0.39 is 0 Å². The molecule has 0 spiro atoms. The Morgan fingerprint density at radius 2 is 1.19 bits per heavy atom. The lowest BCUT2D eigenvalue weighted by Gasteiger charge is -2.40. The highest BCUT2D eigenvalue weighted by atomic mass is 79.9. The Morgan fingerprint density at radius 3 is 1.65 bits per heavy atom. The van der Waals surface area contributed by atoms with Gasteiger partial charge in [-0.3, -0.25) is 0 Å². The van der Waals surface area contributed by atoms with Crippen LogP contribution < -0.4 is 5.32 Å². The van der Waals surface area contributed by atoms with Crippen LogP contribution in [0.15, 0.2) is 0 Å². The van der Waals surface area contributed by atoms with E-state index in [2.05, 4.69) is 26.1 Å². The predicted molar refractivity (Wildman–Crippen MR) is 125 cm³/mol. The summed E-state index contributed by atoms with van der Waals surface area (Å²) in [6, 6.07) is 0. The van der Waals surface area contributed by atoms with Crippen LogP contribution >= 0.6 is 17.0 Å². The van der Waals surface area contributed by atoms with Gasteiger partial charge in [-0.1, -0.05) is 110 Å². The number of hydrogen-bond acceptors (Lipinski definition) is 1.